The van der Waals surface area contributed by atoms with Crippen LogP contribution < -0.4 is 5.73 Å². The van der Waals surface area contributed by atoms with E-state index in [0.717, 1.165) is 4.90 Å². The summed E-state index contributed by atoms with van der Waals surface area (Å²) in [6.07, 6.45) is 0.684. The Morgan fingerprint density at radius 1 is 1.47 bits per heavy atom. The van der Waals surface area contributed by atoms with Crippen molar-refractivity contribution >= 4 is 17.7 Å². The first-order valence-electron chi connectivity index (χ1n) is 4.37. The van der Waals surface area contributed by atoms with E-state index in [1.54, 1.807) is 12.1 Å². The van der Waals surface area contributed by atoms with Crippen LogP contribution >= 0.6 is 11.8 Å². The predicted octanol–water partition coefficient (Wildman–Crippen LogP) is 0.854. The predicted molar refractivity (Wildman–Crippen MR) is 58.8 cm³/mol. The molecule has 0 bridgehead atoms. The molecule has 0 spiro atoms. The zero-order chi connectivity index (χ0) is 11.4. The lowest BCUT2D eigenvalue weighted by atomic mass is 10.0. The summed E-state index contributed by atoms with van der Waals surface area (Å²) in [5.41, 5.74) is 5.91. The normalized spacial score (nSPS) is 14.6. The monoisotopic (exact) mass is 227 g/mol. The molecule has 1 rings (SSSR count). The van der Waals surface area contributed by atoms with Gasteiger partial charge in [-0.25, -0.2) is 0 Å². The number of carbonyl (C=O) groups is 1. The minimum atomic E-state index is -1.29. The lowest BCUT2D eigenvalue weighted by Gasteiger charge is -2.17. The third-order valence-electron chi connectivity index (χ3n) is 2.08. The third kappa shape index (κ3) is 2.71. The quantitative estimate of drug-likeness (QED) is 0.664. The van der Waals surface area contributed by atoms with Crippen molar-refractivity contribution in [1.29, 1.82) is 0 Å². The lowest BCUT2D eigenvalue weighted by molar-refractivity contribution is -0.141. The Labute approximate surface area is 92.1 Å². The highest BCUT2D eigenvalue weighted by molar-refractivity contribution is 7.98. The zero-order valence-electron chi connectivity index (χ0n) is 8.25. The first-order chi connectivity index (χ1) is 7.07. The molecule has 0 radical (unpaired) electrons. The number of aliphatic hydroxyl groups excluding tert-OH is 1. The molecule has 0 saturated heterocycles. The van der Waals surface area contributed by atoms with Gasteiger partial charge in [-0.3, -0.25) is 4.79 Å². The Morgan fingerprint density at radius 3 is 2.60 bits per heavy atom. The molecule has 0 aliphatic rings. The molecule has 4 N–H and O–H groups in total. The molecule has 0 aliphatic carbocycles. The smallest absolute Gasteiger partial charge is 0.323 e. The lowest BCUT2D eigenvalue weighted by Crippen LogP contribution is -2.36. The number of thioether (sulfide) groups is 1. The van der Waals surface area contributed by atoms with E-state index in [4.69, 9.17) is 10.8 Å². The van der Waals surface area contributed by atoms with Crippen LogP contribution in [0.5, 0.6) is 0 Å². The molecule has 0 aromatic heterocycles. The maximum Gasteiger partial charge on any atom is 0.323 e. The molecule has 0 amide bonds. The molecule has 2 unspecified atom stereocenters. The topological polar surface area (TPSA) is 83.5 Å². The number of rotatable bonds is 4. The van der Waals surface area contributed by atoms with Crippen molar-refractivity contribution in [3.05, 3.63) is 29.8 Å². The Balaban J connectivity index is 2.99. The van der Waals surface area contributed by atoms with E-state index in [2.05, 4.69) is 0 Å². The Kier molecular flexibility index (Phi) is 4.14. The van der Waals surface area contributed by atoms with Gasteiger partial charge in [0.25, 0.3) is 0 Å². The summed E-state index contributed by atoms with van der Waals surface area (Å²) < 4.78 is 0. The average molecular weight is 227 g/mol. The van der Waals surface area contributed by atoms with Gasteiger partial charge in [0.05, 0.1) is 0 Å². The highest BCUT2D eigenvalue weighted by Crippen LogP contribution is 2.26. The van der Waals surface area contributed by atoms with Gasteiger partial charge in [0, 0.05) is 4.90 Å². The van der Waals surface area contributed by atoms with Crippen molar-refractivity contribution in [2.24, 2.45) is 5.73 Å². The van der Waals surface area contributed by atoms with Crippen molar-refractivity contribution in [3.63, 3.8) is 0 Å². The molecule has 1 aromatic carbocycles. The molecule has 2 atom stereocenters. The van der Waals surface area contributed by atoms with Crippen LogP contribution in [0.1, 0.15) is 11.7 Å². The maximum absolute atomic E-state index is 10.6. The molecule has 0 fully saturated rings. The number of nitrogens with two attached hydrogens (primary N) is 1. The maximum atomic E-state index is 10.6. The summed E-state index contributed by atoms with van der Waals surface area (Å²) in [5.74, 6) is -1.21. The molecule has 0 aliphatic heterocycles. The molecule has 15 heavy (non-hydrogen) atoms. The Bertz CT molecular complexity index is 356. The second kappa shape index (κ2) is 5.16. The molecule has 5 heteroatoms. The van der Waals surface area contributed by atoms with Crippen molar-refractivity contribution in [2.45, 2.75) is 17.0 Å². The summed E-state index contributed by atoms with van der Waals surface area (Å²) >= 11 is 1.44. The van der Waals surface area contributed by atoms with Gasteiger partial charge in [0.1, 0.15) is 12.1 Å². The fraction of sp³-hybridized carbons (Fsp3) is 0.300. The van der Waals surface area contributed by atoms with Crippen LogP contribution in [0.2, 0.25) is 0 Å². The fourth-order valence-corrected chi connectivity index (χ4v) is 1.88. The van der Waals surface area contributed by atoms with Gasteiger partial charge in [-0.2, -0.15) is 0 Å². The number of carboxylic acids is 1. The minimum absolute atomic E-state index is 0.555. The summed E-state index contributed by atoms with van der Waals surface area (Å²) in [6, 6.07) is 5.77. The van der Waals surface area contributed by atoms with Crippen LogP contribution in [0, 0.1) is 0 Å². The Hall–Kier alpha value is -1.04. The highest BCUT2D eigenvalue weighted by Gasteiger charge is 2.25. The second-order valence-corrected chi connectivity index (χ2v) is 3.90. The second-order valence-electron chi connectivity index (χ2n) is 3.05. The van der Waals surface area contributed by atoms with E-state index >= 15 is 0 Å². The van der Waals surface area contributed by atoms with Crippen LogP contribution in [-0.4, -0.2) is 28.5 Å². The molecular weight excluding hydrogens is 214 g/mol. The first kappa shape index (κ1) is 12.0. The van der Waals surface area contributed by atoms with E-state index in [-0.39, 0.29) is 0 Å². The number of aliphatic carboxylic acids is 1. The van der Waals surface area contributed by atoms with Crippen LogP contribution in [0.25, 0.3) is 0 Å². The van der Waals surface area contributed by atoms with Crippen molar-refractivity contribution in [1.82, 2.24) is 0 Å². The Morgan fingerprint density at radius 2 is 2.07 bits per heavy atom. The van der Waals surface area contributed by atoms with Gasteiger partial charge in [-0.15, -0.1) is 11.8 Å². The van der Waals surface area contributed by atoms with Gasteiger partial charge in [0.15, 0.2) is 0 Å². The van der Waals surface area contributed by atoms with Crippen molar-refractivity contribution < 1.29 is 15.0 Å². The van der Waals surface area contributed by atoms with Gasteiger partial charge < -0.3 is 15.9 Å². The summed E-state index contributed by atoms with van der Waals surface area (Å²) in [7, 11) is 0. The fourth-order valence-electron chi connectivity index (χ4n) is 1.24. The van der Waals surface area contributed by atoms with Gasteiger partial charge >= 0.3 is 5.97 Å². The molecular formula is C10H13NO3S. The van der Waals surface area contributed by atoms with E-state index in [0.29, 0.717) is 5.56 Å². The zero-order valence-corrected chi connectivity index (χ0v) is 9.07. The van der Waals surface area contributed by atoms with Gasteiger partial charge in [0.2, 0.25) is 0 Å². The van der Waals surface area contributed by atoms with Crippen LogP contribution in [0.3, 0.4) is 0 Å². The number of hydrogen-bond donors (Lipinski definition) is 3. The van der Waals surface area contributed by atoms with E-state index in [9.17, 15) is 9.90 Å². The SMILES string of the molecule is CSc1ccccc1C(O)C(N)C(=O)O. The van der Waals surface area contributed by atoms with Crippen LogP contribution in [0.15, 0.2) is 29.2 Å². The van der Waals surface area contributed by atoms with E-state index < -0.39 is 18.1 Å². The van der Waals surface area contributed by atoms with Gasteiger partial charge in [-0.1, -0.05) is 18.2 Å². The number of aliphatic hydroxyl groups is 1. The number of carboxylic acid groups (broad SMARTS) is 1. The summed E-state index contributed by atoms with van der Waals surface area (Å²) in [6.45, 7) is 0. The molecule has 4 nitrogen and oxygen atoms in total. The van der Waals surface area contributed by atoms with Crippen molar-refractivity contribution in [2.75, 3.05) is 6.26 Å². The van der Waals surface area contributed by atoms with E-state index in [1.165, 1.54) is 11.8 Å². The summed E-state index contributed by atoms with van der Waals surface area (Å²) in [4.78, 5) is 11.5. The van der Waals surface area contributed by atoms with E-state index in [1.807, 2.05) is 18.4 Å². The average Bonchev–Trinajstić information content (AvgIpc) is 2.26. The first-order valence-corrected chi connectivity index (χ1v) is 5.59. The largest absolute Gasteiger partial charge is 0.480 e. The number of benzene rings is 1. The molecule has 82 valence electrons. The van der Waals surface area contributed by atoms with Crippen LogP contribution in [0.4, 0.5) is 0 Å². The van der Waals surface area contributed by atoms with Gasteiger partial charge in [-0.05, 0) is 17.9 Å². The highest BCUT2D eigenvalue weighted by atomic mass is 32.2. The van der Waals surface area contributed by atoms with Crippen molar-refractivity contribution in [3.8, 4) is 0 Å². The minimum Gasteiger partial charge on any atom is -0.480 e. The number of hydrogen-bond acceptors (Lipinski definition) is 4. The molecule has 0 saturated carbocycles. The molecule has 0 heterocycles. The third-order valence-corrected chi connectivity index (χ3v) is 2.89. The standard InChI is InChI=1S/C10H13NO3S/c1-15-7-5-3-2-4-6(7)9(12)8(11)10(13)14/h2-5,8-9,12H,11H2,1H3,(H,13,14). The van der Waals surface area contributed by atoms with Crippen LogP contribution in [-0.2, 0) is 4.79 Å². The summed E-state index contributed by atoms with van der Waals surface area (Å²) in [5, 5.41) is 18.4. The molecule has 1 aromatic rings.